The standard InChI is InChI=1S/C13H20N2O2S/c1-2-9(7-10(14)18)15-11(16)8-13(12(15)17)5-3-4-6-13/h9H,2-8H2,1H3,(H2,14,18). The Kier molecular flexibility index (Phi) is 3.71. The minimum absolute atomic E-state index is 0.0214. The zero-order chi connectivity index (χ0) is 13.3. The number of amides is 2. The van der Waals surface area contributed by atoms with Crippen molar-refractivity contribution in [3.05, 3.63) is 0 Å². The molecule has 1 atom stereocenters. The van der Waals surface area contributed by atoms with Crippen LogP contribution in [0.1, 0.15) is 51.9 Å². The minimum atomic E-state index is -0.388. The molecule has 100 valence electrons. The van der Waals surface area contributed by atoms with Crippen molar-refractivity contribution in [3.63, 3.8) is 0 Å². The number of carbonyl (C=O) groups is 2. The van der Waals surface area contributed by atoms with Crippen LogP contribution in [0.15, 0.2) is 0 Å². The molecule has 2 rings (SSSR count). The first-order valence-corrected chi connectivity index (χ1v) is 7.06. The Morgan fingerprint density at radius 3 is 2.56 bits per heavy atom. The van der Waals surface area contributed by atoms with Gasteiger partial charge in [0.15, 0.2) is 0 Å². The first-order valence-electron chi connectivity index (χ1n) is 6.65. The predicted octanol–water partition coefficient (Wildman–Crippen LogP) is 1.76. The second kappa shape index (κ2) is 4.96. The lowest BCUT2D eigenvalue weighted by Crippen LogP contribution is -2.43. The second-order valence-corrected chi connectivity index (χ2v) is 5.99. The smallest absolute Gasteiger partial charge is 0.236 e. The molecule has 4 nitrogen and oxygen atoms in total. The zero-order valence-corrected chi connectivity index (χ0v) is 11.6. The van der Waals surface area contributed by atoms with Crippen LogP contribution < -0.4 is 5.73 Å². The Morgan fingerprint density at radius 2 is 2.06 bits per heavy atom. The summed E-state index contributed by atoms with van der Waals surface area (Å²) in [4.78, 5) is 26.5. The van der Waals surface area contributed by atoms with Crippen molar-refractivity contribution in [1.82, 2.24) is 4.90 Å². The van der Waals surface area contributed by atoms with Crippen LogP contribution in [-0.4, -0.2) is 27.7 Å². The minimum Gasteiger partial charge on any atom is -0.393 e. The maximum Gasteiger partial charge on any atom is 0.236 e. The molecule has 0 aromatic heterocycles. The highest BCUT2D eigenvalue weighted by Crippen LogP contribution is 2.47. The lowest BCUT2D eigenvalue weighted by molar-refractivity contribution is -0.143. The fraction of sp³-hybridized carbons (Fsp3) is 0.769. The average Bonchev–Trinajstić information content (AvgIpc) is 2.85. The highest BCUT2D eigenvalue weighted by atomic mass is 32.1. The summed E-state index contributed by atoms with van der Waals surface area (Å²) in [6.07, 6.45) is 5.37. The second-order valence-electron chi connectivity index (χ2n) is 5.47. The van der Waals surface area contributed by atoms with E-state index in [0.29, 0.717) is 24.3 Å². The van der Waals surface area contributed by atoms with Gasteiger partial charge in [0, 0.05) is 18.9 Å². The molecule has 1 aliphatic heterocycles. The van der Waals surface area contributed by atoms with E-state index in [4.69, 9.17) is 18.0 Å². The van der Waals surface area contributed by atoms with Crippen LogP contribution in [0.2, 0.25) is 0 Å². The molecule has 0 bridgehead atoms. The number of likely N-dealkylation sites (tertiary alicyclic amines) is 1. The van der Waals surface area contributed by atoms with E-state index in [1.54, 1.807) is 0 Å². The molecule has 5 heteroatoms. The van der Waals surface area contributed by atoms with Gasteiger partial charge in [0.2, 0.25) is 11.8 Å². The predicted molar refractivity (Wildman–Crippen MR) is 72.9 cm³/mol. The van der Waals surface area contributed by atoms with Gasteiger partial charge in [0.25, 0.3) is 0 Å². The van der Waals surface area contributed by atoms with E-state index in [2.05, 4.69) is 0 Å². The van der Waals surface area contributed by atoms with Gasteiger partial charge in [-0.2, -0.15) is 0 Å². The largest absolute Gasteiger partial charge is 0.393 e. The summed E-state index contributed by atoms with van der Waals surface area (Å²) in [5.41, 5.74) is 5.17. The van der Waals surface area contributed by atoms with Gasteiger partial charge in [-0.05, 0) is 19.3 Å². The molecule has 1 unspecified atom stereocenters. The van der Waals surface area contributed by atoms with Gasteiger partial charge in [-0.25, -0.2) is 0 Å². The molecule has 0 aromatic rings. The van der Waals surface area contributed by atoms with E-state index in [-0.39, 0.29) is 23.3 Å². The Hall–Kier alpha value is -0.970. The lowest BCUT2D eigenvalue weighted by Gasteiger charge is -2.27. The molecule has 1 heterocycles. The van der Waals surface area contributed by atoms with Crippen molar-refractivity contribution < 1.29 is 9.59 Å². The van der Waals surface area contributed by atoms with Gasteiger partial charge in [-0.15, -0.1) is 0 Å². The number of hydrogen-bond acceptors (Lipinski definition) is 3. The van der Waals surface area contributed by atoms with E-state index in [1.807, 2.05) is 6.92 Å². The first kappa shape index (κ1) is 13.5. The molecule has 1 saturated heterocycles. The summed E-state index contributed by atoms with van der Waals surface area (Å²) in [5, 5.41) is 0. The van der Waals surface area contributed by atoms with Crippen molar-refractivity contribution >= 4 is 29.0 Å². The van der Waals surface area contributed by atoms with E-state index in [0.717, 1.165) is 25.7 Å². The zero-order valence-electron chi connectivity index (χ0n) is 10.8. The third-order valence-electron chi connectivity index (χ3n) is 4.26. The van der Waals surface area contributed by atoms with Crippen molar-refractivity contribution in [3.8, 4) is 0 Å². The topological polar surface area (TPSA) is 63.4 Å². The normalized spacial score (nSPS) is 23.9. The maximum atomic E-state index is 12.5. The lowest BCUT2D eigenvalue weighted by atomic mass is 9.84. The van der Waals surface area contributed by atoms with Gasteiger partial charge in [0.05, 0.1) is 10.4 Å². The Bertz CT molecular complexity index is 388. The molecule has 0 aromatic carbocycles. The van der Waals surface area contributed by atoms with Crippen LogP contribution in [0.3, 0.4) is 0 Å². The van der Waals surface area contributed by atoms with E-state index in [1.165, 1.54) is 4.90 Å². The summed E-state index contributed by atoms with van der Waals surface area (Å²) in [6.45, 7) is 1.96. The molecule has 1 aliphatic carbocycles. The highest BCUT2D eigenvalue weighted by Gasteiger charge is 2.53. The Labute approximate surface area is 113 Å². The van der Waals surface area contributed by atoms with Crippen LogP contribution in [0.4, 0.5) is 0 Å². The maximum absolute atomic E-state index is 12.5. The van der Waals surface area contributed by atoms with Crippen LogP contribution in [-0.2, 0) is 9.59 Å². The summed E-state index contributed by atoms with van der Waals surface area (Å²) in [7, 11) is 0. The molecule has 2 aliphatic rings. The van der Waals surface area contributed by atoms with Gasteiger partial charge in [-0.3, -0.25) is 14.5 Å². The SMILES string of the molecule is CCC(CC(N)=S)N1C(=O)CC2(CCCC2)C1=O. The number of rotatable bonds is 4. The third kappa shape index (κ3) is 2.16. The Morgan fingerprint density at radius 1 is 1.44 bits per heavy atom. The fourth-order valence-corrected chi connectivity index (χ4v) is 3.47. The summed E-state index contributed by atoms with van der Waals surface area (Å²) in [6, 6.07) is -0.150. The third-order valence-corrected chi connectivity index (χ3v) is 4.43. The Balaban J connectivity index is 2.20. The summed E-state index contributed by atoms with van der Waals surface area (Å²) >= 11 is 4.91. The number of nitrogens with zero attached hydrogens (tertiary/aromatic N) is 1. The van der Waals surface area contributed by atoms with Crippen molar-refractivity contribution in [2.75, 3.05) is 0 Å². The number of hydrogen-bond donors (Lipinski definition) is 1. The summed E-state index contributed by atoms with van der Waals surface area (Å²) in [5.74, 6) is -0.0156. The van der Waals surface area contributed by atoms with Crippen LogP contribution >= 0.6 is 12.2 Å². The average molecular weight is 268 g/mol. The van der Waals surface area contributed by atoms with Crippen LogP contribution in [0.25, 0.3) is 0 Å². The first-order chi connectivity index (χ1) is 8.50. The van der Waals surface area contributed by atoms with E-state index in [9.17, 15) is 9.59 Å². The molecular weight excluding hydrogens is 248 g/mol. The summed E-state index contributed by atoms with van der Waals surface area (Å²) < 4.78 is 0. The van der Waals surface area contributed by atoms with Crippen molar-refractivity contribution in [1.29, 1.82) is 0 Å². The molecule has 2 fully saturated rings. The van der Waals surface area contributed by atoms with Gasteiger partial charge in [-0.1, -0.05) is 32.0 Å². The quantitative estimate of drug-likeness (QED) is 0.623. The van der Waals surface area contributed by atoms with Crippen LogP contribution in [0.5, 0.6) is 0 Å². The molecule has 0 radical (unpaired) electrons. The molecule has 18 heavy (non-hydrogen) atoms. The molecular formula is C13H20N2O2S. The number of thiocarbonyl (C=S) groups is 1. The van der Waals surface area contributed by atoms with Crippen molar-refractivity contribution in [2.24, 2.45) is 11.1 Å². The molecule has 2 N–H and O–H groups in total. The van der Waals surface area contributed by atoms with E-state index >= 15 is 0 Å². The van der Waals surface area contributed by atoms with Crippen LogP contribution in [0, 0.1) is 5.41 Å². The van der Waals surface area contributed by atoms with Gasteiger partial charge in [0.1, 0.15) is 0 Å². The van der Waals surface area contributed by atoms with E-state index < -0.39 is 0 Å². The highest BCUT2D eigenvalue weighted by molar-refractivity contribution is 7.80. The fourth-order valence-electron chi connectivity index (χ4n) is 3.28. The number of carbonyl (C=O) groups excluding carboxylic acids is 2. The molecule has 1 saturated carbocycles. The monoisotopic (exact) mass is 268 g/mol. The molecule has 1 spiro atoms. The van der Waals surface area contributed by atoms with Gasteiger partial charge >= 0.3 is 0 Å². The number of imide groups is 1. The van der Waals surface area contributed by atoms with Crippen molar-refractivity contribution in [2.45, 2.75) is 57.9 Å². The number of nitrogens with two attached hydrogens (primary N) is 1. The van der Waals surface area contributed by atoms with Gasteiger partial charge < -0.3 is 5.73 Å². The molecule has 2 amide bonds.